The summed E-state index contributed by atoms with van der Waals surface area (Å²) in [7, 11) is 0. The van der Waals surface area contributed by atoms with Crippen molar-refractivity contribution in [1.82, 2.24) is 5.32 Å². The van der Waals surface area contributed by atoms with E-state index < -0.39 is 18.0 Å². The fourth-order valence-electron chi connectivity index (χ4n) is 2.17. The monoisotopic (exact) mass is 325 g/mol. The molecule has 0 heterocycles. The minimum absolute atomic E-state index is 0.181. The Bertz CT molecular complexity index is 757. The summed E-state index contributed by atoms with van der Waals surface area (Å²) in [4.78, 5) is 23.2. The number of carboxylic acids is 1. The Morgan fingerprint density at radius 3 is 2.46 bits per heavy atom. The molecule has 0 aromatic heterocycles. The van der Waals surface area contributed by atoms with E-state index in [-0.39, 0.29) is 6.42 Å². The summed E-state index contributed by atoms with van der Waals surface area (Å²) in [6.07, 6.45) is 0.181. The number of urea groups is 1. The average Bonchev–Trinajstić information content (AvgIpc) is 2.56. The van der Waals surface area contributed by atoms with Gasteiger partial charge in [-0.1, -0.05) is 47.6 Å². The van der Waals surface area contributed by atoms with Gasteiger partial charge in [0.25, 0.3) is 0 Å². The smallest absolute Gasteiger partial charge is 0.360 e. The second kappa shape index (κ2) is 8.01. The summed E-state index contributed by atoms with van der Waals surface area (Å²) >= 11 is 0. The molecule has 0 aliphatic carbocycles. The standard InChI is InChI=1S/C18H19N3O3/c1-12-7-6-10-15(13(12)2)20-21-18(24)19-16(17(22)23)11-14-8-4-3-5-9-14/h3-10,16H,11H2,1-2H3,(H,19,24)(H,22,23)/b21-20+. The number of aliphatic carboxylic acids is 1. The van der Waals surface area contributed by atoms with Crippen LogP contribution in [0.4, 0.5) is 10.5 Å². The van der Waals surface area contributed by atoms with Crippen molar-refractivity contribution >= 4 is 17.7 Å². The third kappa shape index (κ3) is 4.74. The van der Waals surface area contributed by atoms with Gasteiger partial charge in [0.15, 0.2) is 0 Å². The summed E-state index contributed by atoms with van der Waals surface area (Å²) < 4.78 is 0. The highest BCUT2D eigenvalue weighted by Gasteiger charge is 2.20. The Morgan fingerprint density at radius 2 is 1.79 bits per heavy atom. The van der Waals surface area contributed by atoms with Crippen LogP contribution in [-0.2, 0) is 11.2 Å². The van der Waals surface area contributed by atoms with Gasteiger partial charge in [-0.15, -0.1) is 5.11 Å². The van der Waals surface area contributed by atoms with Crippen LogP contribution in [0.1, 0.15) is 16.7 Å². The van der Waals surface area contributed by atoms with E-state index in [9.17, 15) is 14.7 Å². The molecule has 2 amide bonds. The summed E-state index contributed by atoms with van der Waals surface area (Å²) in [5.74, 6) is -1.12. The van der Waals surface area contributed by atoms with E-state index in [1.54, 1.807) is 18.2 Å². The topological polar surface area (TPSA) is 91.1 Å². The Morgan fingerprint density at radius 1 is 1.08 bits per heavy atom. The van der Waals surface area contributed by atoms with Crippen molar-refractivity contribution in [3.63, 3.8) is 0 Å². The molecule has 0 saturated carbocycles. The van der Waals surface area contributed by atoms with Crippen LogP contribution < -0.4 is 5.32 Å². The van der Waals surface area contributed by atoms with Gasteiger partial charge in [0.2, 0.25) is 0 Å². The normalized spacial score (nSPS) is 12.1. The number of benzene rings is 2. The second-order valence-electron chi connectivity index (χ2n) is 5.45. The highest BCUT2D eigenvalue weighted by molar-refractivity contribution is 5.83. The molecular weight excluding hydrogens is 306 g/mol. The predicted octanol–water partition coefficient (Wildman–Crippen LogP) is 3.79. The Labute approximate surface area is 140 Å². The number of nitrogens with one attached hydrogen (secondary N) is 1. The molecule has 1 atom stereocenters. The predicted molar refractivity (Wildman–Crippen MR) is 90.5 cm³/mol. The molecule has 0 spiro atoms. The van der Waals surface area contributed by atoms with Crippen molar-refractivity contribution in [3.05, 3.63) is 65.2 Å². The Kier molecular flexibility index (Phi) is 5.78. The molecule has 2 rings (SSSR count). The number of nitrogens with zero attached hydrogens (tertiary/aromatic N) is 2. The third-order valence-electron chi connectivity index (χ3n) is 3.70. The maximum atomic E-state index is 11.9. The summed E-state index contributed by atoms with van der Waals surface area (Å²) in [5.41, 5.74) is 3.37. The van der Waals surface area contributed by atoms with E-state index in [0.29, 0.717) is 5.69 Å². The number of rotatable bonds is 5. The van der Waals surface area contributed by atoms with Crippen molar-refractivity contribution in [2.75, 3.05) is 0 Å². The SMILES string of the molecule is Cc1cccc(/N=N/C(=O)NC(Cc2ccccc2)C(=O)O)c1C. The van der Waals surface area contributed by atoms with Crippen LogP contribution in [0.2, 0.25) is 0 Å². The van der Waals surface area contributed by atoms with Gasteiger partial charge in [-0.25, -0.2) is 9.59 Å². The first-order valence-electron chi connectivity index (χ1n) is 7.52. The van der Waals surface area contributed by atoms with Crippen molar-refractivity contribution < 1.29 is 14.7 Å². The number of azo groups is 1. The number of carbonyl (C=O) groups is 2. The fourth-order valence-corrected chi connectivity index (χ4v) is 2.17. The molecule has 6 heteroatoms. The fraction of sp³-hybridized carbons (Fsp3) is 0.222. The molecule has 1 unspecified atom stereocenters. The highest BCUT2D eigenvalue weighted by atomic mass is 16.4. The first kappa shape index (κ1) is 17.3. The number of amides is 2. The van der Waals surface area contributed by atoms with Gasteiger partial charge >= 0.3 is 12.0 Å². The van der Waals surface area contributed by atoms with E-state index in [2.05, 4.69) is 15.5 Å². The van der Waals surface area contributed by atoms with Gasteiger partial charge in [-0.05, 0) is 36.6 Å². The zero-order valence-corrected chi connectivity index (χ0v) is 13.6. The van der Waals surface area contributed by atoms with Gasteiger partial charge < -0.3 is 10.4 Å². The Hall–Kier alpha value is -3.02. The minimum atomic E-state index is -1.12. The van der Waals surface area contributed by atoms with E-state index in [4.69, 9.17) is 0 Å². The van der Waals surface area contributed by atoms with Gasteiger partial charge in [0, 0.05) is 6.42 Å². The zero-order valence-electron chi connectivity index (χ0n) is 13.6. The van der Waals surface area contributed by atoms with Crippen molar-refractivity contribution in [2.24, 2.45) is 10.2 Å². The molecular formula is C18H19N3O3. The van der Waals surface area contributed by atoms with Gasteiger partial charge in [-0.2, -0.15) is 0 Å². The Balaban J connectivity index is 2.04. The lowest BCUT2D eigenvalue weighted by molar-refractivity contribution is -0.139. The second-order valence-corrected chi connectivity index (χ2v) is 5.45. The number of hydrogen-bond donors (Lipinski definition) is 2. The molecule has 0 aliphatic heterocycles. The van der Waals surface area contributed by atoms with Crippen LogP contribution in [-0.4, -0.2) is 23.1 Å². The maximum Gasteiger partial charge on any atom is 0.360 e. The number of carboxylic acid groups (broad SMARTS) is 1. The van der Waals surface area contributed by atoms with Crippen LogP contribution in [0.3, 0.4) is 0 Å². The van der Waals surface area contributed by atoms with Crippen LogP contribution in [0, 0.1) is 13.8 Å². The quantitative estimate of drug-likeness (QED) is 0.819. The van der Waals surface area contributed by atoms with E-state index in [1.807, 2.05) is 44.2 Å². The first-order chi connectivity index (χ1) is 11.5. The lowest BCUT2D eigenvalue weighted by atomic mass is 10.1. The van der Waals surface area contributed by atoms with Crippen molar-refractivity contribution in [1.29, 1.82) is 0 Å². The lowest BCUT2D eigenvalue weighted by Crippen LogP contribution is -2.40. The molecule has 2 aromatic carbocycles. The van der Waals surface area contributed by atoms with Crippen LogP contribution >= 0.6 is 0 Å². The highest BCUT2D eigenvalue weighted by Crippen LogP contribution is 2.21. The third-order valence-corrected chi connectivity index (χ3v) is 3.70. The van der Waals surface area contributed by atoms with Crippen LogP contribution in [0.15, 0.2) is 58.8 Å². The maximum absolute atomic E-state index is 11.9. The van der Waals surface area contributed by atoms with E-state index in [0.717, 1.165) is 16.7 Å². The molecule has 0 radical (unpaired) electrons. The summed E-state index contributed by atoms with van der Waals surface area (Å²) in [5, 5.41) is 19.1. The van der Waals surface area contributed by atoms with E-state index >= 15 is 0 Å². The molecule has 0 bridgehead atoms. The molecule has 2 aromatic rings. The van der Waals surface area contributed by atoms with Crippen LogP contribution in [0.5, 0.6) is 0 Å². The first-order valence-corrected chi connectivity index (χ1v) is 7.52. The molecule has 124 valence electrons. The summed E-state index contributed by atoms with van der Waals surface area (Å²) in [6, 6.07) is 12.8. The van der Waals surface area contributed by atoms with E-state index in [1.165, 1.54) is 0 Å². The van der Waals surface area contributed by atoms with Gasteiger partial charge in [0.05, 0.1) is 5.69 Å². The number of hydrogen-bond acceptors (Lipinski definition) is 3. The van der Waals surface area contributed by atoms with Crippen LogP contribution in [0.25, 0.3) is 0 Å². The van der Waals surface area contributed by atoms with Crippen molar-refractivity contribution in [2.45, 2.75) is 26.3 Å². The molecule has 0 saturated heterocycles. The largest absolute Gasteiger partial charge is 0.480 e. The molecule has 6 nitrogen and oxygen atoms in total. The minimum Gasteiger partial charge on any atom is -0.480 e. The molecule has 0 aliphatic rings. The van der Waals surface area contributed by atoms with Gasteiger partial charge in [-0.3, -0.25) is 0 Å². The molecule has 24 heavy (non-hydrogen) atoms. The molecule has 2 N–H and O–H groups in total. The summed E-state index contributed by atoms with van der Waals surface area (Å²) in [6.45, 7) is 3.83. The lowest BCUT2D eigenvalue weighted by Gasteiger charge is -2.12. The molecule has 0 fully saturated rings. The van der Waals surface area contributed by atoms with Crippen molar-refractivity contribution in [3.8, 4) is 0 Å². The van der Waals surface area contributed by atoms with Gasteiger partial charge in [0.1, 0.15) is 6.04 Å². The average molecular weight is 325 g/mol. The number of carbonyl (C=O) groups excluding carboxylic acids is 1. The zero-order chi connectivity index (χ0) is 17.5. The number of aryl methyl sites for hydroxylation is 1.